The first-order valence-corrected chi connectivity index (χ1v) is 7.37. The van der Waals surface area contributed by atoms with Crippen LogP contribution in [0.5, 0.6) is 0 Å². The van der Waals surface area contributed by atoms with Gasteiger partial charge in [-0.25, -0.2) is 0 Å². The second kappa shape index (κ2) is 4.71. The van der Waals surface area contributed by atoms with E-state index >= 15 is 0 Å². The van der Waals surface area contributed by atoms with Gasteiger partial charge in [0.05, 0.1) is 4.90 Å². The first-order valence-electron chi connectivity index (χ1n) is 5.93. The van der Waals surface area contributed by atoms with Gasteiger partial charge < -0.3 is 0 Å². The van der Waals surface area contributed by atoms with E-state index in [2.05, 4.69) is 13.8 Å². The summed E-state index contributed by atoms with van der Waals surface area (Å²) in [5.74, 6) is 0.352. The van der Waals surface area contributed by atoms with E-state index < -0.39 is 10.1 Å². The van der Waals surface area contributed by atoms with Gasteiger partial charge in [-0.3, -0.25) is 4.55 Å². The van der Waals surface area contributed by atoms with Gasteiger partial charge in [0, 0.05) is 0 Å². The minimum Gasteiger partial charge on any atom is -0.282 e. The van der Waals surface area contributed by atoms with Crippen molar-refractivity contribution in [1.82, 2.24) is 0 Å². The van der Waals surface area contributed by atoms with Crippen LogP contribution in [0.2, 0.25) is 0 Å². The molecule has 2 aromatic carbocycles. The number of benzene rings is 2. The maximum absolute atomic E-state index is 11.2. The van der Waals surface area contributed by atoms with E-state index in [0.29, 0.717) is 5.92 Å². The van der Waals surface area contributed by atoms with Crippen molar-refractivity contribution in [1.29, 1.82) is 0 Å². The monoisotopic (exact) mass is 264 g/mol. The van der Waals surface area contributed by atoms with Gasteiger partial charge in [0.2, 0.25) is 0 Å². The molecule has 1 unspecified atom stereocenters. The van der Waals surface area contributed by atoms with Crippen molar-refractivity contribution in [3.05, 3.63) is 42.0 Å². The van der Waals surface area contributed by atoms with Crippen LogP contribution in [0.1, 0.15) is 31.7 Å². The minimum atomic E-state index is -4.14. The molecule has 0 saturated heterocycles. The molecule has 4 heteroatoms. The molecule has 2 rings (SSSR count). The third kappa shape index (κ3) is 2.40. The third-order valence-corrected chi connectivity index (χ3v) is 4.18. The summed E-state index contributed by atoms with van der Waals surface area (Å²) in [5, 5.41) is 1.88. The topological polar surface area (TPSA) is 54.4 Å². The number of hydrogen-bond donors (Lipinski definition) is 1. The summed E-state index contributed by atoms with van der Waals surface area (Å²) < 4.78 is 31.5. The van der Waals surface area contributed by atoms with E-state index in [9.17, 15) is 8.42 Å². The van der Waals surface area contributed by atoms with Gasteiger partial charge in [0.1, 0.15) is 0 Å². The average molecular weight is 264 g/mol. The highest BCUT2D eigenvalue weighted by Crippen LogP contribution is 2.29. The molecule has 3 nitrogen and oxygen atoms in total. The maximum Gasteiger partial charge on any atom is 0.294 e. The Morgan fingerprint density at radius 3 is 2.56 bits per heavy atom. The molecule has 0 aliphatic carbocycles. The minimum absolute atomic E-state index is 0.0502. The summed E-state index contributed by atoms with van der Waals surface area (Å²) in [7, 11) is -4.14. The van der Waals surface area contributed by atoms with E-state index in [1.807, 2.05) is 18.2 Å². The van der Waals surface area contributed by atoms with E-state index in [4.69, 9.17) is 4.55 Å². The number of rotatable bonds is 3. The van der Waals surface area contributed by atoms with Crippen LogP contribution in [0, 0.1) is 0 Å². The van der Waals surface area contributed by atoms with Gasteiger partial charge in [0.25, 0.3) is 10.1 Å². The Morgan fingerprint density at radius 1 is 1.22 bits per heavy atom. The van der Waals surface area contributed by atoms with E-state index in [-0.39, 0.29) is 4.90 Å². The zero-order valence-electron chi connectivity index (χ0n) is 10.4. The van der Waals surface area contributed by atoms with E-state index in [1.165, 1.54) is 6.07 Å². The molecule has 0 spiro atoms. The molecule has 18 heavy (non-hydrogen) atoms. The van der Waals surface area contributed by atoms with Gasteiger partial charge in [-0.1, -0.05) is 38.1 Å². The number of hydrogen-bond acceptors (Lipinski definition) is 2. The molecule has 0 aliphatic rings. The standard InChI is InChI=1S/C14H16O3S/c1-3-10(2)13-6-4-5-11-7-8-12(9-14(11)13)18(15,16)17/h4-10H,3H2,1-2H3,(H,15,16,17). The highest BCUT2D eigenvalue weighted by Gasteiger charge is 2.13. The Morgan fingerprint density at radius 2 is 1.94 bits per heavy atom. The van der Waals surface area contributed by atoms with Crippen molar-refractivity contribution >= 4 is 20.9 Å². The predicted molar refractivity (Wildman–Crippen MR) is 72.5 cm³/mol. The summed E-state index contributed by atoms with van der Waals surface area (Å²) in [6, 6.07) is 10.6. The SMILES string of the molecule is CCC(C)c1cccc2ccc(S(=O)(=O)O)cc12. The number of fused-ring (bicyclic) bond motifs is 1. The smallest absolute Gasteiger partial charge is 0.282 e. The Kier molecular flexibility index (Phi) is 3.41. The van der Waals surface area contributed by atoms with Crippen LogP contribution in [0.15, 0.2) is 41.3 Å². The molecule has 1 atom stereocenters. The van der Waals surface area contributed by atoms with Crippen molar-refractivity contribution < 1.29 is 13.0 Å². The highest BCUT2D eigenvalue weighted by atomic mass is 32.2. The molecule has 96 valence electrons. The summed E-state index contributed by atoms with van der Waals surface area (Å²) in [6.45, 7) is 4.20. The van der Waals surface area contributed by atoms with Crippen LogP contribution in [0.25, 0.3) is 10.8 Å². The van der Waals surface area contributed by atoms with E-state index in [1.54, 1.807) is 12.1 Å². The molecule has 0 aliphatic heterocycles. The lowest BCUT2D eigenvalue weighted by atomic mass is 9.93. The maximum atomic E-state index is 11.2. The summed E-state index contributed by atoms with van der Waals surface area (Å²) in [5.41, 5.74) is 1.11. The normalized spacial score (nSPS) is 13.7. The van der Waals surface area contributed by atoms with Crippen LogP contribution < -0.4 is 0 Å². The first kappa shape index (κ1) is 13.1. The van der Waals surface area contributed by atoms with Crippen LogP contribution in [0.4, 0.5) is 0 Å². The Balaban J connectivity index is 2.74. The second-order valence-corrected chi connectivity index (χ2v) is 5.94. The fourth-order valence-corrected chi connectivity index (χ4v) is 2.59. The molecule has 0 aromatic heterocycles. The van der Waals surface area contributed by atoms with Crippen molar-refractivity contribution in [2.45, 2.75) is 31.1 Å². The van der Waals surface area contributed by atoms with Crippen molar-refractivity contribution in [2.75, 3.05) is 0 Å². The molecular formula is C14H16O3S. The molecule has 0 bridgehead atoms. The zero-order valence-corrected chi connectivity index (χ0v) is 11.2. The Bertz CT molecular complexity index is 674. The highest BCUT2D eigenvalue weighted by molar-refractivity contribution is 7.85. The van der Waals surface area contributed by atoms with Gasteiger partial charge in [-0.05, 0) is 40.8 Å². The van der Waals surface area contributed by atoms with Crippen molar-refractivity contribution in [3.63, 3.8) is 0 Å². The second-order valence-electron chi connectivity index (χ2n) is 4.51. The molecule has 2 aromatic rings. The van der Waals surface area contributed by atoms with Gasteiger partial charge in [0.15, 0.2) is 0 Å². The summed E-state index contributed by atoms with van der Waals surface area (Å²) in [6.07, 6.45) is 0.981. The third-order valence-electron chi connectivity index (χ3n) is 3.33. The van der Waals surface area contributed by atoms with Gasteiger partial charge >= 0.3 is 0 Å². The van der Waals surface area contributed by atoms with Crippen molar-refractivity contribution in [2.24, 2.45) is 0 Å². The molecule has 0 saturated carbocycles. The molecule has 0 amide bonds. The van der Waals surface area contributed by atoms with Crippen LogP contribution >= 0.6 is 0 Å². The Hall–Kier alpha value is -1.39. The van der Waals surface area contributed by atoms with Gasteiger partial charge in [-0.2, -0.15) is 8.42 Å². The summed E-state index contributed by atoms with van der Waals surface area (Å²) in [4.78, 5) is -0.0502. The van der Waals surface area contributed by atoms with Crippen LogP contribution in [-0.4, -0.2) is 13.0 Å². The molecule has 0 fully saturated rings. The quantitative estimate of drug-likeness (QED) is 0.862. The predicted octanol–water partition coefficient (Wildman–Crippen LogP) is 3.60. The van der Waals surface area contributed by atoms with Gasteiger partial charge in [-0.15, -0.1) is 0 Å². The average Bonchev–Trinajstić information content (AvgIpc) is 2.35. The lowest BCUT2D eigenvalue weighted by molar-refractivity contribution is 0.483. The molecule has 1 N–H and O–H groups in total. The fourth-order valence-electron chi connectivity index (χ4n) is 2.09. The summed E-state index contributed by atoms with van der Waals surface area (Å²) >= 11 is 0. The van der Waals surface area contributed by atoms with Crippen molar-refractivity contribution in [3.8, 4) is 0 Å². The lowest BCUT2D eigenvalue weighted by Crippen LogP contribution is -1.99. The molecular weight excluding hydrogens is 248 g/mol. The largest absolute Gasteiger partial charge is 0.294 e. The Labute approximate surface area is 107 Å². The molecule has 0 heterocycles. The van der Waals surface area contributed by atoms with Crippen LogP contribution in [-0.2, 0) is 10.1 Å². The van der Waals surface area contributed by atoms with E-state index in [0.717, 1.165) is 22.8 Å². The van der Waals surface area contributed by atoms with Crippen LogP contribution in [0.3, 0.4) is 0 Å². The zero-order chi connectivity index (χ0) is 13.3. The molecule has 0 radical (unpaired) electrons. The fraction of sp³-hybridized carbons (Fsp3) is 0.286. The first-order chi connectivity index (χ1) is 8.43. The lowest BCUT2D eigenvalue weighted by Gasteiger charge is -2.13.